The summed E-state index contributed by atoms with van der Waals surface area (Å²) in [5.74, 6) is 0.0630. The molecule has 1 aliphatic heterocycles. The zero-order chi connectivity index (χ0) is 19.7. The topological polar surface area (TPSA) is 60.3 Å². The number of piperidine rings is 1. The van der Waals surface area contributed by atoms with Crippen LogP contribution >= 0.6 is 23.2 Å². The number of imidazole rings is 1. The monoisotopic (exact) mass is 418 g/mol. The smallest absolute Gasteiger partial charge is 0.297 e. The van der Waals surface area contributed by atoms with E-state index < -0.39 is 0 Å². The first kappa shape index (κ1) is 19.0. The number of halogens is 2. The molecular weight excluding hydrogens is 399 g/mol. The summed E-state index contributed by atoms with van der Waals surface area (Å²) in [6.45, 7) is 1.34. The molecule has 6 nitrogen and oxygen atoms in total. The third-order valence-electron chi connectivity index (χ3n) is 5.03. The average molecular weight is 419 g/mol. The number of fused-ring (bicyclic) bond motifs is 1. The Morgan fingerprint density at radius 2 is 2.07 bits per heavy atom. The molecular formula is C20H20Cl2N4O2. The Bertz CT molecular complexity index is 1000. The summed E-state index contributed by atoms with van der Waals surface area (Å²) in [7, 11) is 1.61. The summed E-state index contributed by atoms with van der Waals surface area (Å²) >= 11 is 12.1. The SMILES string of the molecule is COc1nc2cnccc2n1[C@H]1CCCN(C(=O)Cc2cc(Cl)cc(Cl)c2)C1. The third kappa shape index (κ3) is 3.80. The van der Waals surface area contributed by atoms with Gasteiger partial charge < -0.3 is 9.64 Å². The molecule has 1 saturated heterocycles. The van der Waals surface area contributed by atoms with Crippen molar-refractivity contribution in [1.29, 1.82) is 0 Å². The van der Waals surface area contributed by atoms with Crippen molar-refractivity contribution in [2.45, 2.75) is 25.3 Å². The highest BCUT2D eigenvalue weighted by molar-refractivity contribution is 6.34. The van der Waals surface area contributed by atoms with Gasteiger partial charge in [0.15, 0.2) is 0 Å². The predicted octanol–water partition coefficient (Wildman–Crippen LogP) is 4.15. The van der Waals surface area contributed by atoms with Gasteiger partial charge in [-0.2, -0.15) is 4.98 Å². The molecule has 0 radical (unpaired) electrons. The fraction of sp³-hybridized carbons (Fsp3) is 0.350. The molecule has 146 valence electrons. The number of amides is 1. The second-order valence-corrected chi connectivity index (χ2v) is 7.80. The number of carbonyl (C=O) groups is 1. The number of rotatable bonds is 4. The van der Waals surface area contributed by atoms with E-state index in [0.29, 0.717) is 22.6 Å². The number of aromatic nitrogens is 3. The molecule has 1 aromatic carbocycles. The third-order valence-corrected chi connectivity index (χ3v) is 5.47. The second-order valence-electron chi connectivity index (χ2n) is 6.92. The second kappa shape index (κ2) is 7.97. The summed E-state index contributed by atoms with van der Waals surface area (Å²) in [4.78, 5) is 23.4. The van der Waals surface area contributed by atoms with Gasteiger partial charge in [0.05, 0.1) is 31.3 Å². The van der Waals surface area contributed by atoms with Crippen molar-refractivity contribution in [3.05, 3.63) is 52.3 Å². The number of benzene rings is 1. The van der Waals surface area contributed by atoms with E-state index in [1.807, 2.05) is 11.0 Å². The summed E-state index contributed by atoms with van der Waals surface area (Å²) in [5, 5.41) is 1.07. The molecule has 8 heteroatoms. The van der Waals surface area contributed by atoms with Gasteiger partial charge in [0.2, 0.25) is 5.91 Å². The number of carbonyl (C=O) groups excluding carboxylic acids is 1. The lowest BCUT2D eigenvalue weighted by molar-refractivity contribution is -0.132. The van der Waals surface area contributed by atoms with E-state index in [1.54, 1.807) is 37.7 Å². The van der Waals surface area contributed by atoms with Crippen molar-refractivity contribution >= 4 is 40.1 Å². The van der Waals surface area contributed by atoms with Gasteiger partial charge in [-0.05, 0) is 42.7 Å². The highest BCUT2D eigenvalue weighted by Crippen LogP contribution is 2.31. The number of pyridine rings is 1. The van der Waals surface area contributed by atoms with Crippen molar-refractivity contribution in [3.63, 3.8) is 0 Å². The Morgan fingerprint density at radius 3 is 2.82 bits per heavy atom. The zero-order valence-electron chi connectivity index (χ0n) is 15.4. The number of likely N-dealkylation sites (tertiary alicyclic amines) is 1. The van der Waals surface area contributed by atoms with Gasteiger partial charge in [-0.1, -0.05) is 23.2 Å². The van der Waals surface area contributed by atoms with Crippen LogP contribution in [0, 0.1) is 0 Å². The van der Waals surface area contributed by atoms with Crippen LogP contribution in [-0.4, -0.2) is 45.5 Å². The number of hydrogen-bond acceptors (Lipinski definition) is 4. The first-order valence-electron chi connectivity index (χ1n) is 9.14. The Kier molecular flexibility index (Phi) is 5.42. The lowest BCUT2D eigenvalue weighted by Crippen LogP contribution is -2.41. The molecule has 1 aliphatic rings. The maximum Gasteiger partial charge on any atom is 0.297 e. The van der Waals surface area contributed by atoms with Crippen LogP contribution in [0.5, 0.6) is 6.01 Å². The molecule has 1 fully saturated rings. The van der Waals surface area contributed by atoms with Gasteiger partial charge in [-0.15, -0.1) is 0 Å². The van der Waals surface area contributed by atoms with Crippen LogP contribution in [0.2, 0.25) is 10.0 Å². The van der Waals surface area contributed by atoms with Gasteiger partial charge in [0, 0.05) is 29.3 Å². The fourth-order valence-corrected chi connectivity index (χ4v) is 4.39. The Hall–Kier alpha value is -2.31. The van der Waals surface area contributed by atoms with Crippen molar-refractivity contribution < 1.29 is 9.53 Å². The van der Waals surface area contributed by atoms with Crippen molar-refractivity contribution in [2.24, 2.45) is 0 Å². The van der Waals surface area contributed by atoms with E-state index in [1.165, 1.54) is 0 Å². The van der Waals surface area contributed by atoms with Crippen LogP contribution in [0.25, 0.3) is 11.0 Å². The highest BCUT2D eigenvalue weighted by atomic mass is 35.5. The van der Waals surface area contributed by atoms with E-state index in [-0.39, 0.29) is 18.4 Å². The van der Waals surface area contributed by atoms with Gasteiger partial charge in [0.1, 0.15) is 5.52 Å². The number of ether oxygens (including phenoxy) is 1. The molecule has 0 bridgehead atoms. The molecule has 0 aliphatic carbocycles. The van der Waals surface area contributed by atoms with Crippen molar-refractivity contribution in [2.75, 3.05) is 20.2 Å². The maximum absolute atomic E-state index is 12.9. The van der Waals surface area contributed by atoms with Crippen LogP contribution in [0.15, 0.2) is 36.7 Å². The minimum absolute atomic E-state index is 0.0630. The van der Waals surface area contributed by atoms with Gasteiger partial charge in [-0.25, -0.2) is 0 Å². The standard InChI is InChI=1S/C20H20Cl2N4O2/c1-28-20-24-17-11-23-5-4-18(17)26(20)16-3-2-6-25(12-16)19(27)9-13-7-14(21)10-15(22)8-13/h4-5,7-8,10-11,16H,2-3,6,9,12H2,1H3/t16-/m0/s1. The Morgan fingerprint density at radius 1 is 1.29 bits per heavy atom. The Labute approximate surface area is 173 Å². The molecule has 2 aromatic heterocycles. The Balaban J connectivity index is 1.55. The first-order valence-corrected chi connectivity index (χ1v) is 9.89. The quantitative estimate of drug-likeness (QED) is 0.638. The average Bonchev–Trinajstić information content (AvgIpc) is 3.06. The maximum atomic E-state index is 12.9. The highest BCUT2D eigenvalue weighted by Gasteiger charge is 2.28. The molecule has 4 rings (SSSR count). The van der Waals surface area contributed by atoms with Crippen LogP contribution in [0.1, 0.15) is 24.4 Å². The largest absolute Gasteiger partial charge is 0.468 e. The molecule has 28 heavy (non-hydrogen) atoms. The van der Waals surface area contributed by atoms with Crippen LogP contribution in [0.4, 0.5) is 0 Å². The predicted molar refractivity (Wildman–Crippen MR) is 109 cm³/mol. The summed E-state index contributed by atoms with van der Waals surface area (Å²) in [5.41, 5.74) is 2.57. The molecule has 1 atom stereocenters. The molecule has 0 saturated carbocycles. The van der Waals surface area contributed by atoms with E-state index in [0.717, 1.165) is 36.0 Å². The van der Waals surface area contributed by atoms with E-state index >= 15 is 0 Å². The normalized spacial score (nSPS) is 17.1. The molecule has 3 heterocycles. The molecule has 0 unspecified atom stereocenters. The fourth-order valence-electron chi connectivity index (χ4n) is 3.82. The summed E-state index contributed by atoms with van der Waals surface area (Å²) in [6.07, 6.45) is 5.62. The lowest BCUT2D eigenvalue weighted by Gasteiger charge is -2.34. The molecule has 1 amide bonds. The molecule has 0 N–H and O–H groups in total. The van der Waals surface area contributed by atoms with Crippen LogP contribution in [0.3, 0.4) is 0 Å². The zero-order valence-corrected chi connectivity index (χ0v) is 17.0. The number of methoxy groups -OCH3 is 1. The number of nitrogens with zero attached hydrogens (tertiary/aromatic N) is 4. The first-order chi connectivity index (χ1) is 13.5. The minimum Gasteiger partial charge on any atom is -0.468 e. The van der Waals surface area contributed by atoms with Crippen molar-refractivity contribution in [1.82, 2.24) is 19.4 Å². The van der Waals surface area contributed by atoms with E-state index in [9.17, 15) is 4.79 Å². The molecule has 0 spiro atoms. The lowest BCUT2D eigenvalue weighted by atomic mass is 10.0. The summed E-state index contributed by atoms with van der Waals surface area (Å²) < 4.78 is 7.57. The van der Waals surface area contributed by atoms with Gasteiger partial charge in [0.25, 0.3) is 6.01 Å². The minimum atomic E-state index is 0.0630. The van der Waals surface area contributed by atoms with Crippen molar-refractivity contribution in [3.8, 4) is 6.01 Å². The van der Waals surface area contributed by atoms with Gasteiger partial charge >= 0.3 is 0 Å². The number of hydrogen-bond donors (Lipinski definition) is 0. The van der Waals surface area contributed by atoms with Crippen LogP contribution < -0.4 is 4.74 Å². The van der Waals surface area contributed by atoms with E-state index in [2.05, 4.69) is 14.5 Å². The van der Waals surface area contributed by atoms with Gasteiger partial charge in [-0.3, -0.25) is 14.3 Å². The van der Waals surface area contributed by atoms with E-state index in [4.69, 9.17) is 27.9 Å². The van der Waals surface area contributed by atoms with Crippen LogP contribution in [-0.2, 0) is 11.2 Å². The molecule has 3 aromatic rings. The summed E-state index contributed by atoms with van der Waals surface area (Å²) in [6, 6.07) is 7.81.